The molecule has 0 spiro atoms. The van der Waals surface area contributed by atoms with E-state index in [1.165, 1.54) is 31.2 Å². The Kier molecular flexibility index (Phi) is 4.65. The highest BCUT2D eigenvalue weighted by Gasteiger charge is 2.14. The molecule has 18 heavy (non-hydrogen) atoms. The number of hydrogen-bond acceptors (Lipinski definition) is 3. The number of aliphatic carboxylic acids is 1. The Balaban J connectivity index is 2.77. The molecule has 1 aromatic rings. The highest BCUT2D eigenvalue weighted by atomic mass is 19.1. The van der Waals surface area contributed by atoms with E-state index in [2.05, 4.69) is 0 Å². The molecule has 0 unspecified atom stereocenters. The van der Waals surface area contributed by atoms with E-state index in [1.807, 2.05) is 0 Å². The van der Waals surface area contributed by atoms with Gasteiger partial charge in [-0.3, -0.25) is 9.59 Å². The van der Waals surface area contributed by atoms with Crippen LogP contribution < -0.4 is 9.64 Å². The number of hydrogen-bond donors (Lipinski definition) is 1. The molecule has 0 radical (unpaired) electrons. The first-order valence-electron chi connectivity index (χ1n) is 5.27. The second-order valence-electron chi connectivity index (χ2n) is 3.67. The fraction of sp³-hybridized carbons (Fsp3) is 0.333. The summed E-state index contributed by atoms with van der Waals surface area (Å²) in [6.45, 7) is 0. The SMILES string of the molecule is COc1ccc(N(C)C(=O)CCC(=O)O)cc1F. The van der Waals surface area contributed by atoms with Crippen molar-refractivity contribution in [3.05, 3.63) is 24.0 Å². The second-order valence-corrected chi connectivity index (χ2v) is 3.67. The maximum Gasteiger partial charge on any atom is 0.303 e. The van der Waals surface area contributed by atoms with Gasteiger partial charge in [0, 0.05) is 25.2 Å². The molecule has 0 heterocycles. The van der Waals surface area contributed by atoms with Crippen molar-refractivity contribution in [2.24, 2.45) is 0 Å². The molecule has 1 amide bonds. The van der Waals surface area contributed by atoms with Crippen LogP contribution in [0.25, 0.3) is 0 Å². The molecule has 0 bridgehead atoms. The summed E-state index contributed by atoms with van der Waals surface area (Å²) >= 11 is 0. The molecule has 5 nitrogen and oxygen atoms in total. The number of halogens is 1. The lowest BCUT2D eigenvalue weighted by molar-refractivity contribution is -0.138. The first-order chi connectivity index (χ1) is 8.45. The van der Waals surface area contributed by atoms with E-state index < -0.39 is 11.8 Å². The maximum absolute atomic E-state index is 13.4. The molecule has 1 rings (SSSR count). The van der Waals surface area contributed by atoms with Crippen LogP contribution in [0.3, 0.4) is 0 Å². The fourth-order valence-electron chi connectivity index (χ4n) is 1.39. The number of carbonyl (C=O) groups excluding carboxylic acids is 1. The van der Waals surface area contributed by atoms with Crippen molar-refractivity contribution in [2.45, 2.75) is 12.8 Å². The first kappa shape index (κ1) is 14.0. The highest BCUT2D eigenvalue weighted by molar-refractivity contribution is 5.94. The number of carboxylic acids is 1. The molecule has 0 aliphatic heterocycles. The number of anilines is 1. The van der Waals surface area contributed by atoms with E-state index in [0.29, 0.717) is 5.69 Å². The van der Waals surface area contributed by atoms with Crippen LogP contribution in [0.4, 0.5) is 10.1 Å². The van der Waals surface area contributed by atoms with Gasteiger partial charge in [0.2, 0.25) is 5.91 Å². The Morgan fingerprint density at radius 2 is 2.06 bits per heavy atom. The van der Waals surface area contributed by atoms with Crippen molar-refractivity contribution in [1.29, 1.82) is 0 Å². The average molecular weight is 255 g/mol. The minimum atomic E-state index is -1.04. The van der Waals surface area contributed by atoms with Crippen LogP contribution in [-0.2, 0) is 9.59 Å². The van der Waals surface area contributed by atoms with Gasteiger partial charge in [0.1, 0.15) is 0 Å². The van der Waals surface area contributed by atoms with Crippen molar-refractivity contribution < 1.29 is 23.8 Å². The van der Waals surface area contributed by atoms with Gasteiger partial charge in [-0.15, -0.1) is 0 Å². The van der Waals surface area contributed by atoms with Crippen LogP contribution in [-0.4, -0.2) is 31.1 Å². The Labute approximate surface area is 104 Å². The summed E-state index contributed by atoms with van der Waals surface area (Å²) in [5, 5.41) is 8.48. The number of amides is 1. The van der Waals surface area contributed by atoms with Gasteiger partial charge in [-0.2, -0.15) is 0 Å². The average Bonchev–Trinajstić information content (AvgIpc) is 2.34. The topological polar surface area (TPSA) is 66.8 Å². The van der Waals surface area contributed by atoms with E-state index in [4.69, 9.17) is 9.84 Å². The molecule has 0 saturated carbocycles. The second kappa shape index (κ2) is 6.00. The molecule has 0 aliphatic rings. The third-order valence-corrected chi connectivity index (χ3v) is 2.45. The van der Waals surface area contributed by atoms with Crippen LogP contribution >= 0.6 is 0 Å². The summed E-state index contributed by atoms with van der Waals surface area (Å²) in [5.41, 5.74) is 0.351. The molecule has 1 aromatic carbocycles. The predicted octanol–water partition coefficient (Wildman–Crippen LogP) is 1.66. The largest absolute Gasteiger partial charge is 0.494 e. The van der Waals surface area contributed by atoms with E-state index in [-0.39, 0.29) is 24.5 Å². The zero-order valence-electron chi connectivity index (χ0n) is 10.1. The van der Waals surface area contributed by atoms with Gasteiger partial charge in [0.15, 0.2) is 11.6 Å². The third-order valence-electron chi connectivity index (χ3n) is 2.45. The summed E-state index contributed by atoms with van der Waals surface area (Å²) in [7, 11) is 2.81. The van der Waals surface area contributed by atoms with Gasteiger partial charge in [-0.25, -0.2) is 4.39 Å². The van der Waals surface area contributed by atoms with Crippen molar-refractivity contribution in [2.75, 3.05) is 19.1 Å². The monoisotopic (exact) mass is 255 g/mol. The Morgan fingerprint density at radius 3 is 2.56 bits per heavy atom. The zero-order valence-corrected chi connectivity index (χ0v) is 10.1. The van der Waals surface area contributed by atoms with Crippen molar-refractivity contribution >= 4 is 17.6 Å². The number of ether oxygens (including phenoxy) is 1. The summed E-state index contributed by atoms with van der Waals surface area (Å²) in [6, 6.07) is 4.10. The van der Waals surface area contributed by atoms with E-state index >= 15 is 0 Å². The molecule has 0 aliphatic carbocycles. The van der Waals surface area contributed by atoms with Gasteiger partial charge in [-0.05, 0) is 12.1 Å². The van der Waals surface area contributed by atoms with Gasteiger partial charge in [-0.1, -0.05) is 0 Å². The van der Waals surface area contributed by atoms with E-state index in [0.717, 1.165) is 6.07 Å². The third kappa shape index (κ3) is 3.44. The quantitative estimate of drug-likeness (QED) is 0.869. The predicted molar refractivity (Wildman–Crippen MR) is 63.2 cm³/mol. The summed E-state index contributed by atoms with van der Waals surface area (Å²) in [4.78, 5) is 23.2. The number of carboxylic acid groups (broad SMARTS) is 1. The molecule has 98 valence electrons. The molecule has 6 heteroatoms. The number of rotatable bonds is 5. The van der Waals surface area contributed by atoms with Crippen LogP contribution in [0.2, 0.25) is 0 Å². The summed E-state index contributed by atoms with van der Waals surface area (Å²) in [5.74, 6) is -1.92. The highest BCUT2D eigenvalue weighted by Crippen LogP contribution is 2.23. The lowest BCUT2D eigenvalue weighted by atomic mass is 10.2. The van der Waals surface area contributed by atoms with Crippen molar-refractivity contribution in [3.63, 3.8) is 0 Å². The van der Waals surface area contributed by atoms with E-state index in [1.54, 1.807) is 0 Å². The van der Waals surface area contributed by atoms with Crippen LogP contribution in [0, 0.1) is 5.82 Å². The molecule has 0 fully saturated rings. The summed E-state index contributed by atoms with van der Waals surface area (Å²) < 4.78 is 18.2. The Hall–Kier alpha value is -2.11. The van der Waals surface area contributed by atoms with Gasteiger partial charge in [0.05, 0.1) is 13.5 Å². The molecule has 1 N–H and O–H groups in total. The fourth-order valence-corrected chi connectivity index (χ4v) is 1.39. The van der Waals surface area contributed by atoms with Crippen molar-refractivity contribution in [1.82, 2.24) is 0 Å². The molecule has 0 saturated heterocycles. The van der Waals surface area contributed by atoms with Crippen LogP contribution in [0.1, 0.15) is 12.8 Å². The number of carbonyl (C=O) groups is 2. The normalized spacial score (nSPS) is 9.94. The maximum atomic E-state index is 13.4. The zero-order chi connectivity index (χ0) is 13.7. The Bertz CT molecular complexity index is 461. The minimum Gasteiger partial charge on any atom is -0.494 e. The molecule has 0 atom stereocenters. The summed E-state index contributed by atoms with van der Waals surface area (Å²) in [6.07, 6.45) is -0.374. The van der Waals surface area contributed by atoms with Crippen molar-refractivity contribution in [3.8, 4) is 5.75 Å². The van der Waals surface area contributed by atoms with Gasteiger partial charge in [0.25, 0.3) is 0 Å². The van der Waals surface area contributed by atoms with Gasteiger partial charge >= 0.3 is 5.97 Å². The minimum absolute atomic E-state index is 0.0881. The van der Waals surface area contributed by atoms with Crippen LogP contribution in [0.15, 0.2) is 18.2 Å². The Morgan fingerprint density at radius 1 is 1.39 bits per heavy atom. The first-order valence-corrected chi connectivity index (χ1v) is 5.27. The lowest BCUT2D eigenvalue weighted by Gasteiger charge is -2.17. The molecular weight excluding hydrogens is 241 g/mol. The van der Waals surface area contributed by atoms with Gasteiger partial charge < -0.3 is 14.7 Å². The number of benzene rings is 1. The smallest absolute Gasteiger partial charge is 0.303 e. The standard InChI is InChI=1S/C12H14FNO4/c1-14(11(15)5-6-12(16)17)8-3-4-10(18-2)9(13)7-8/h3-4,7H,5-6H2,1-2H3,(H,16,17). The molecule has 0 aromatic heterocycles. The lowest BCUT2D eigenvalue weighted by Crippen LogP contribution is -2.26. The number of methoxy groups -OCH3 is 1. The van der Waals surface area contributed by atoms with E-state index in [9.17, 15) is 14.0 Å². The van der Waals surface area contributed by atoms with Crippen LogP contribution in [0.5, 0.6) is 5.75 Å². The molecular formula is C12H14FNO4. The number of nitrogens with zero attached hydrogens (tertiary/aromatic N) is 1.